The Morgan fingerprint density at radius 2 is 2.14 bits per heavy atom. The molecular formula is C17H21NO3. The van der Waals surface area contributed by atoms with E-state index in [1.54, 1.807) is 6.07 Å². The molecule has 1 heterocycles. The van der Waals surface area contributed by atoms with E-state index in [1.165, 1.54) is 19.3 Å². The van der Waals surface area contributed by atoms with Crippen LogP contribution in [0.5, 0.6) is 0 Å². The number of aliphatic hydroxyl groups is 1. The summed E-state index contributed by atoms with van der Waals surface area (Å²) in [5, 5.41) is 10.3. The van der Waals surface area contributed by atoms with Gasteiger partial charge in [0, 0.05) is 30.6 Å². The molecule has 0 atom stereocenters. The zero-order valence-electron chi connectivity index (χ0n) is 12.3. The van der Waals surface area contributed by atoms with Crippen molar-refractivity contribution in [3.63, 3.8) is 0 Å². The first-order valence-corrected chi connectivity index (χ1v) is 7.55. The van der Waals surface area contributed by atoms with Crippen LogP contribution in [0.4, 0.5) is 0 Å². The summed E-state index contributed by atoms with van der Waals surface area (Å²) >= 11 is 0. The standard InChI is InChI=1S/C17H21NO3/c1-12-5-6-15-13(10-17(20)21-16(15)9-12)11-18(7-8-19)14-3-2-4-14/h5-6,9-10,14,19H,2-4,7-8,11H2,1H3. The molecule has 0 aliphatic heterocycles. The van der Waals surface area contributed by atoms with E-state index in [2.05, 4.69) is 4.90 Å². The Hall–Kier alpha value is -1.65. The minimum Gasteiger partial charge on any atom is -0.423 e. The number of aryl methyl sites for hydroxylation is 1. The molecular weight excluding hydrogens is 266 g/mol. The first kappa shape index (κ1) is 14.3. The monoisotopic (exact) mass is 287 g/mol. The highest BCUT2D eigenvalue weighted by atomic mass is 16.4. The van der Waals surface area contributed by atoms with E-state index in [0.29, 0.717) is 24.7 Å². The Balaban J connectivity index is 1.96. The van der Waals surface area contributed by atoms with Gasteiger partial charge in [-0.05, 0) is 37.0 Å². The van der Waals surface area contributed by atoms with Crippen molar-refractivity contribution in [2.45, 2.75) is 38.8 Å². The van der Waals surface area contributed by atoms with Gasteiger partial charge in [0.2, 0.25) is 0 Å². The third-order valence-corrected chi connectivity index (χ3v) is 4.34. The molecule has 112 valence electrons. The molecule has 4 nitrogen and oxygen atoms in total. The second-order valence-corrected chi connectivity index (χ2v) is 5.87. The van der Waals surface area contributed by atoms with Gasteiger partial charge in [0.1, 0.15) is 5.58 Å². The predicted octanol–water partition coefficient (Wildman–Crippen LogP) is 2.45. The van der Waals surface area contributed by atoms with Crippen molar-refractivity contribution in [2.24, 2.45) is 0 Å². The van der Waals surface area contributed by atoms with E-state index >= 15 is 0 Å². The lowest BCUT2D eigenvalue weighted by Crippen LogP contribution is -2.41. The summed E-state index contributed by atoms with van der Waals surface area (Å²) in [5.74, 6) is 0. The van der Waals surface area contributed by atoms with E-state index in [-0.39, 0.29) is 12.2 Å². The zero-order chi connectivity index (χ0) is 14.8. The number of aliphatic hydroxyl groups excluding tert-OH is 1. The summed E-state index contributed by atoms with van der Waals surface area (Å²) < 4.78 is 5.30. The second kappa shape index (κ2) is 6.00. The van der Waals surface area contributed by atoms with Crippen LogP contribution in [0, 0.1) is 6.92 Å². The number of rotatable bonds is 5. The van der Waals surface area contributed by atoms with Gasteiger partial charge in [-0.1, -0.05) is 18.6 Å². The zero-order valence-corrected chi connectivity index (χ0v) is 12.3. The summed E-state index contributed by atoms with van der Waals surface area (Å²) in [6, 6.07) is 8.07. The molecule has 1 aliphatic rings. The Labute approximate surface area is 124 Å². The minimum atomic E-state index is -0.305. The number of hydrogen-bond donors (Lipinski definition) is 1. The molecule has 0 bridgehead atoms. The molecule has 3 rings (SSSR count). The summed E-state index contributed by atoms with van der Waals surface area (Å²) in [7, 11) is 0. The summed E-state index contributed by atoms with van der Waals surface area (Å²) in [6.07, 6.45) is 3.61. The van der Waals surface area contributed by atoms with Crippen molar-refractivity contribution in [2.75, 3.05) is 13.2 Å². The van der Waals surface area contributed by atoms with Gasteiger partial charge in [0.25, 0.3) is 0 Å². The largest absolute Gasteiger partial charge is 0.423 e. The smallest absolute Gasteiger partial charge is 0.336 e. The third-order valence-electron chi connectivity index (χ3n) is 4.34. The SMILES string of the molecule is Cc1ccc2c(CN(CCO)C3CCC3)cc(=O)oc2c1. The normalized spacial score (nSPS) is 15.6. The van der Waals surface area contributed by atoms with Gasteiger partial charge >= 0.3 is 5.63 Å². The molecule has 0 radical (unpaired) electrons. The van der Waals surface area contributed by atoms with Crippen LogP contribution in [0.25, 0.3) is 11.0 Å². The van der Waals surface area contributed by atoms with Crippen LogP contribution >= 0.6 is 0 Å². The number of fused-ring (bicyclic) bond motifs is 1. The van der Waals surface area contributed by atoms with Crippen LogP contribution in [-0.2, 0) is 6.54 Å². The first-order valence-electron chi connectivity index (χ1n) is 7.55. The molecule has 21 heavy (non-hydrogen) atoms. The van der Waals surface area contributed by atoms with Crippen molar-refractivity contribution >= 4 is 11.0 Å². The van der Waals surface area contributed by atoms with Crippen LogP contribution in [0.1, 0.15) is 30.4 Å². The van der Waals surface area contributed by atoms with Gasteiger partial charge in [0.15, 0.2) is 0 Å². The molecule has 2 aromatic rings. The third kappa shape index (κ3) is 3.01. The van der Waals surface area contributed by atoms with E-state index in [4.69, 9.17) is 4.42 Å². The highest BCUT2D eigenvalue weighted by Gasteiger charge is 2.25. The lowest BCUT2D eigenvalue weighted by atomic mass is 9.91. The quantitative estimate of drug-likeness (QED) is 0.858. The maximum Gasteiger partial charge on any atom is 0.336 e. The van der Waals surface area contributed by atoms with Crippen LogP contribution in [0.2, 0.25) is 0 Å². The van der Waals surface area contributed by atoms with Crippen molar-refractivity contribution in [3.05, 3.63) is 45.8 Å². The lowest BCUT2D eigenvalue weighted by Gasteiger charge is -2.37. The van der Waals surface area contributed by atoms with E-state index < -0.39 is 0 Å². The molecule has 1 aromatic heterocycles. The van der Waals surface area contributed by atoms with Gasteiger partial charge in [-0.2, -0.15) is 0 Å². The van der Waals surface area contributed by atoms with E-state index in [1.807, 2.05) is 25.1 Å². The van der Waals surface area contributed by atoms with Gasteiger partial charge in [-0.25, -0.2) is 4.79 Å². The van der Waals surface area contributed by atoms with E-state index in [9.17, 15) is 9.90 Å². The van der Waals surface area contributed by atoms with Gasteiger partial charge < -0.3 is 9.52 Å². The summed E-state index contributed by atoms with van der Waals surface area (Å²) in [6.45, 7) is 3.47. The Kier molecular flexibility index (Phi) is 4.08. The van der Waals surface area contributed by atoms with Gasteiger partial charge in [0.05, 0.1) is 6.61 Å². The molecule has 4 heteroatoms. The van der Waals surface area contributed by atoms with Gasteiger partial charge in [-0.15, -0.1) is 0 Å². The number of nitrogens with zero attached hydrogens (tertiary/aromatic N) is 1. The molecule has 1 aromatic carbocycles. The Bertz CT molecular complexity index is 688. The van der Waals surface area contributed by atoms with Crippen molar-refractivity contribution in [1.82, 2.24) is 4.90 Å². The number of hydrogen-bond acceptors (Lipinski definition) is 4. The fourth-order valence-electron chi connectivity index (χ4n) is 2.96. The maximum absolute atomic E-state index is 11.8. The lowest BCUT2D eigenvalue weighted by molar-refractivity contribution is 0.0948. The average molecular weight is 287 g/mol. The van der Waals surface area contributed by atoms with Gasteiger partial charge in [-0.3, -0.25) is 4.90 Å². The summed E-state index contributed by atoms with van der Waals surface area (Å²) in [5.41, 5.74) is 2.41. The Morgan fingerprint density at radius 3 is 2.81 bits per heavy atom. The molecule has 0 saturated heterocycles. The molecule has 1 aliphatic carbocycles. The first-order chi connectivity index (χ1) is 10.2. The second-order valence-electron chi connectivity index (χ2n) is 5.87. The van der Waals surface area contributed by atoms with Crippen LogP contribution in [0.3, 0.4) is 0 Å². The van der Waals surface area contributed by atoms with Crippen LogP contribution in [-0.4, -0.2) is 29.2 Å². The highest BCUT2D eigenvalue weighted by molar-refractivity contribution is 5.80. The van der Waals surface area contributed by atoms with Crippen molar-refractivity contribution in [1.29, 1.82) is 0 Å². The molecule has 1 N–H and O–H groups in total. The number of benzene rings is 1. The molecule has 0 unspecified atom stereocenters. The van der Waals surface area contributed by atoms with Crippen molar-refractivity contribution < 1.29 is 9.52 Å². The predicted molar refractivity (Wildman–Crippen MR) is 82.4 cm³/mol. The summed E-state index contributed by atoms with van der Waals surface area (Å²) in [4.78, 5) is 14.0. The van der Waals surface area contributed by atoms with Crippen LogP contribution in [0.15, 0.2) is 33.5 Å². The van der Waals surface area contributed by atoms with Crippen molar-refractivity contribution in [3.8, 4) is 0 Å². The maximum atomic E-state index is 11.8. The topological polar surface area (TPSA) is 53.7 Å². The molecule has 0 spiro atoms. The fourth-order valence-corrected chi connectivity index (χ4v) is 2.96. The molecule has 1 saturated carbocycles. The van der Waals surface area contributed by atoms with E-state index in [0.717, 1.165) is 16.5 Å². The van der Waals surface area contributed by atoms with Crippen LogP contribution < -0.4 is 5.63 Å². The minimum absolute atomic E-state index is 0.148. The fraction of sp³-hybridized carbons (Fsp3) is 0.471. The Morgan fingerprint density at radius 1 is 1.33 bits per heavy atom. The highest BCUT2D eigenvalue weighted by Crippen LogP contribution is 2.27. The molecule has 0 amide bonds. The average Bonchev–Trinajstić information content (AvgIpc) is 2.36. The molecule has 1 fully saturated rings.